The summed E-state index contributed by atoms with van der Waals surface area (Å²) in [5.41, 5.74) is 1.97. The van der Waals surface area contributed by atoms with Crippen molar-refractivity contribution in [2.24, 2.45) is 0 Å². The summed E-state index contributed by atoms with van der Waals surface area (Å²) < 4.78 is 10.7. The Labute approximate surface area is 142 Å². The van der Waals surface area contributed by atoms with E-state index >= 15 is 0 Å². The van der Waals surface area contributed by atoms with Gasteiger partial charge in [-0.25, -0.2) is 4.98 Å². The van der Waals surface area contributed by atoms with Crippen LogP contribution in [0.25, 0.3) is 0 Å². The zero-order chi connectivity index (χ0) is 16.8. The van der Waals surface area contributed by atoms with Gasteiger partial charge in [-0.05, 0) is 18.6 Å². The first-order chi connectivity index (χ1) is 11.8. The van der Waals surface area contributed by atoms with Gasteiger partial charge >= 0.3 is 0 Å². The highest BCUT2D eigenvalue weighted by Crippen LogP contribution is 2.22. The van der Waals surface area contributed by atoms with Gasteiger partial charge in [0.25, 0.3) is 0 Å². The third kappa shape index (κ3) is 4.14. The molecule has 1 aliphatic heterocycles. The molecule has 3 rings (SSSR count). The SMILES string of the molecule is CCCc1cc(N2CCOCC2)nc(Nc2cccc(OC)c2)n1. The van der Waals surface area contributed by atoms with Crippen molar-refractivity contribution >= 4 is 17.5 Å². The summed E-state index contributed by atoms with van der Waals surface area (Å²) in [6.07, 6.45) is 1.99. The lowest BCUT2D eigenvalue weighted by Crippen LogP contribution is -2.37. The Hall–Kier alpha value is -2.34. The summed E-state index contributed by atoms with van der Waals surface area (Å²) in [6, 6.07) is 9.86. The smallest absolute Gasteiger partial charge is 0.229 e. The number of aromatic nitrogens is 2. The van der Waals surface area contributed by atoms with Crippen LogP contribution in [0.15, 0.2) is 30.3 Å². The van der Waals surface area contributed by atoms with Crippen LogP contribution in [-0.4, -0.2) is 43.4 Å². The minimum atomic E-state index is 0.621. The summed E-state index contributed by atoms with van der Waals surface area (Å²) in [4.78, 5) is 11.6. The highest BCUT2D eigenvalue weighted by Gasteiger charge is 2.15. The molecule has 1 N–H and O–H groups in total. The maximum atomic E-state index is 5.44. The fraction of sp³-hybridized carbons (Fsp3) is 0.444. The molecular formula is C18H24N4O2. The highest BCUT2D eigenvalue weighted by molar-refractivity contribution is 5.57. The monoisotopic (exact) mass is 328 g/mol. The summed E-state index contributed by atoms with van der Waals surface area (Å²) in [6.45, 7) is 5.37. The summed E-state index contributed by atoms with van der Waals surface area (Å²) in [5.74, 6) is 2.39. The number of rotatable bonds is 6. The van der Waals surface area contributed by atoms with Crippen LogP contribution in [0.4, 0.5) is 17.5 Å². The molecule has 0 unspecified atom stereocenters. The third-order valence-corrected chi connectivity index (χ3v) is 3.93. The minimum Gasteiger partial charge on any atom is -0.497 e. The second-order valence-electron chi connectivity index (χ2n) is 5.75. The Morgan fingerprint density at radius 2 is 2.04 bits per heavy atom. The normalized spacial score (nSPS) is 14.5. The maximum Gasteiger partial charge on any atom is 0.229 e. The van der Waals surface area contributed by atoms with Gasteiger partial charge in [0.1, 0.15) is 11.6 Å². The number of aryl methyl sites for hydroxylation is 1. The Bertz CT molecular complexity index is 672. The summed E-state index contributed by atoms with van der Waals surface area (Å²) in [7, 11) is 1.66. The van der Waals surface area contributed by atoms with Crippen molar-refractivity contribution in [1.29, 1.82) is 0 Å². The Kier molecular flexibility index (Phi) is 5.48. The van der Waals surface area contributed by atoms with Gasteiger partial charge in [0.2, 0.25) is 5.95 Å². The molecule has 6 nitrogen and oxygen atoms in total. The van der Waals surface area contributed by atoms with Crippen LogP contribution < -0.4 is 15.0 Å². The number of nitrogens with zero attached hydrogens (tertiary/aromatic N) is 3. The fourth-order valence-electron chi connectivity index (χ4n) is 2.71. The molecule has 2 heterocycles. The number of morpholine rings is 1. The van der Waals surface area contributed by atoms with E-state index in [-0.39, 0.29) is 0 Å². The van der Waals surface area contributed by atoms with Gasteiger partial charge in [0.15, 0.2) is 0 Å². The Balaban J connectivity index is 1.86. The van der Waals surface area contributed by atoms with E-state index in [1.165, 1.54) is 0 Å². The van der Waals surface area contributed by atoms with Crippen LogP contribution in [0, 0.1) is 0 Å². The minimum absolute atomic E-state index is 0.621. The number of methoxy groups -OCH3 is 1. The number of ether oxygens (including phenoxy) is 2. The van der Waals surface area contributed by atoms with Gasteiger partial charge in [0.05, 0.1) is 20.3 Å². The van der Waals surface area contributed by atoms with E-state index in [0.717, 1.165) is 62.1 Å². The van der Waals surface area contributed by atoms with Crippen molar-refractivity contribution in [3.05, 3.63) is 36.0 Å². The van der Waals surface area contributed by atoms with Gasteiger partial charge in [-0.2, -0.15) is 4.98 Å². The molecule has 1 aliphatic rings. The van der Waals surface area contributed by atoms with Gasteiger partial charge < -0.3 is 19.7 Å². The lowest BCUT2D eigenvalue weighted by Gasteiger charge is -2.28. The molecule has 0 spiro atoms. The van der Waals surface area contributed by atoms with Crippen molar-refractivity contribution < 1.29 is 9.47 Å². The first-order valence-electron chi connectivity index (χ1n) is 8.40. The van der Waals surface area contributed by atoms with Crippen molar-refractivity contribution in [3.8, 4) is 5.75 Å². The molecule has 1 aromatic heterocycles. The predicted octanol–water partition coefficient (Wildman–Crippen LogP) is 3.02. The molecule has 0 aliphatic carbocycles. The average Bonchev–Trinajstić information content (AvgIpc) is 2.63. The molecular weight excluding hydrogens is 304 g/mol. The molecule has 1 saturated heterocycles. The standard InChI is InChI=1S/C18H24N4O2/c1-3-5-14-13-17(22-8-10-24-11-9-22)21-18(19-14)20-15-6-4-7-16(12-15)23-2/h4,6-7,12-13H,3,5,8-11H2,1-2H3,(H,19,20,21). The van der Waals surface area contributed by atoms with Crippen LogP contribution in [-0.2, 0) is 11.2 Å². The van der Waals surface area contributed by atoms with E-state index in [1.54, 1.807) is 7.11 Å². The van der Waals surface area contributed by atoms with Crippen LogP contribution in [0.1, 0.15) is 19.0 Å². The molecule has 128 valence electrons. The van der Waals surface area contributed by atoms with E-state index in [9.17, 15) is 0 Å². The van der Waals surface area contributed by atoms with E-state index in [0.29, 0.717) is 5.95 Å². The molecule has 1 aromatic carbocycles. The van der Waals surface area contributed by atoms with Gasteiger partial charge in [-0.1, -0.05) is 19.4 Å². The number of anilines is 3. The molecule has 0 bridgehead atoms. The van der Waals surface area contributed by atoms with Crippen LogP contribution in [0.2, 0.25) is 0 Å². The van der Waals surface area contributed by atoms with Gasteiger partial charge in [-0.3, -0.25) is 0 Å². The first kappa shape index (κ1) is 16.5. The van der Waals surface area contributed by atoms with Crippen molar-refractivity contribution in [1.82, 2.24) is 9.97 Å². The molecule has 24 heavy (non-hydrogen) atoms. The molecule has 0 amide bonds. The van der Waals surface area contributed by atoms with Crippen LogP contribution in [0.5, 0.6) is 5.75 Å². The van der Waals surface area contributed by atoms with Crippen molar-refractivity contribution in [2.75, 3.05) is 43.6 Å². The zero-order valence-electron chi connectivity index (χ0n) is 14.3. The van der Waals surface area contributed by atoms with E-state index in [2.05, 4.69) is 28.2 Å². The zero-order valence-corrected chi connectivity index (χ0v) is 14.3. The second kappa shape index (κ2) is 7.97. The third-order valence-electron chi connectivity index (χ3n) is 3.93. The topological polar surface area (TPSA) is 59.5 Å². The quantitative estimate of drug-likeness (QED) is 0.879. The number of hydrogen-bond acceptors (Lipinski definition) is 6. The van der Waals surface area contributed by atoms with Gasteiger partial charge in [-0.15, -0.1) is 0 Å². The number of hydrogen-bond donors (Lipinski definition) is 1. The Morgan fingerprint density at radius 3 is 2.79 bits per heavy atom. The first-order valence-corrected chi connectivity index (χ1v) is 8.40. The van der Waals surface area contributed by atoms with Crippen molar-refractivity contribution in [2.45, 2.75) is 19.8 Å². The van der Waals surface area contributed by atoms with Crippen LogP contribution >= 0.6 is 0 Å². The van der Waals surface area contributed by atoms with E-state index in [1.807, 2.05) is 24.3 Å². The van der Waals surface area contributed by atoms with Crippen LogP contribution in [0.3, 0.4) is 0 Å². The summed E-state index contributed by atoms with van der Waals surface area (Å²) in [5, 5.41) is 3.30. The maximum absolute atomic E-state index is 5.44. The predicted molar refractivity (Wildman–Crippen MR) is 95.3 cm³/mol. The largest absolute Gasteiger partial charge is 0.497 e. The molecule has 2 aromatic rings. The number of nitrogens with one attached hydrogen (secondary N) is 1. The fourth-order valence-corrected chi connectivity index (χ4v) is 2.71. The second-order valence-corrected chi connectivity index (χ2v) is 5.75. The summed E-state index contributed by atoms with van der Waals surface area (Å²) >= 11 is 0. The lowest BCUT2D eigenvalue weighted by atomic mass is 10.2. The number of benzene rings is 1. The highest BCUT2D eigenvalue weighted by atomic mass is 16.5. The van der Waals surface area contributed by atoms with Gasteiger partial charge in [0, 0.05) is 36.6 Å². The molecule has 0 saturated carbocycles. The lowest BCUT2D eigenvalue weighted by molar-refractivity contribution is 0.122. The molecule has 6 heteroatoms. The Morgan fingerprint density at radius 1 is 1.21 bits per heavy atom. The molecule has 1 fully saturated rings. The van der Waals surface area contributed by atoms with E-state index < -0.39 is 0 Å². The van der Waals surface area contributed by atoms with Crippen molar-refractivity contribution in [3.63, 3.8) is 0 Å². The average molecular weight is 328 g/mol. The molecule has 0 radical (unpaired) electrons. The van der Waals surface area contributed by atoms with E-state index in [4.69, 9.17) is 14.5 Å². The molecule has 0 atom stereocenters.